The number of nitrogens with one attached hydrogen (secondary N) is 2. The molecular formula is C31H34F3N5O7. The van der Waals surface area contributed by atoms with E-state index in [1.165, 1.54) is 7.11 Å². The lowest BCUT2D eigenvalue weighted by molar-refractivity contribution is -0.174. The summed E-state index contributed by atoms with van der Waals surface area (Å²) in [5, 5.41) is 38.4. The molecule has 2 amide bonds. The zero-order valence-electron chi connectivity index (χ0n) is 25.8. The van der Waals surface area contributed by atoms with Crippen molar-refractivity contribution in [3.63, 3.8) is 0 Å². The number of nitriles is 1. The summed E-state index contributed by atoms with van der Waals surface area (Å²) in [4.78, 5) is 28.6. The summed E-state index contributed by atoms with van der Waals surface area (Å²) in [6.07, 6.45) is -4.74. The highest BCUT2D eigenvalue weighted by molar-refractivity contribution is 5.89. The lowest BCUT2D eigenvalue weighted by Crippen LogP contribution is -2.69. The Morgan fingerprint density at radius 3 is 2.57 bits per heavy atom. The number of phenols is 2. The first-order chi connectivity index (χ1) is 21.6. The molecule has 246 valence electrons. The van der Waals surface area contributed by atoms with E-state index in [4.69, 9.17) is 14.2 Å². The average molecular weight is 646 g/mol. The molecule has 4 N–H and O–H groups in total. The standard InChI is InChI=1S/C31H34F3N5O7/c1-13-6-16-8-30(10-35)11-38(4)22(20(16)24(41)25(13)44-5)18-7-17-21(27-26(45-12-46-27)14(2)23(17)40)19(39(18)30)9-36-28(42)15(3)37-29(43)31(32,33)34/h6,15,18-19,22,40-41H,7-9,11-12H2,1-5H3,(H,36,42)(H,37,43)/t15-,18?,19-,22-,30-/m0/s1. The third-order valence-corrected chi connectivity index (χ3v) is 9.67. The highest BCUT2D eigenvalue weighted by Gasteiger charge is 2.60. The molecule has 0 aromatic heterocycles. The molecule has 12 nitrogen and oxygen atoms in total. The second-order valence-corrected chi connectivity index (χ2v) is 12.4. The Kier molecular flexibility index (Phi) is 7.44. The van der Waals surface area contributed by atoms with E-state index in [9.17, 15) is 38.2 Å². The molecule has 0 saturated carbocycles. The Balaban J connectivity index is 1.50. The molecule has 1 unspecified atom stereocenters. The molecule has 0 radical (unpaired) electrons. The molecule has 46 heavy (non-hydrogen) atoms. The largest absolute Gasteiger partial charge is 0.507 e. The first kappa shape index (κ1) is 31.6. The molecule has 1 fully saturated rings. The summed E-state index contributed by atoms with van der Waals surface area (Å²) in [6.45, 7) is 4.54. The van der Waals surface area contributed by atoms with E-state index in [1.807, 2.05) is 22.9 Å². The number of aromatic hydroxyl groups is 2. The molecule has 5 aliphatic heterocycles. The van der Waals surface area contributed by atoms with Gasteiger partial charge in [0.25, 0.3) is 0 Å². The molecule has 1 saturated heterocycles. The minimum atomic E-state index is -5.17. The van der Waals surface area contributed by atoms with Crippen molar-refractivity contribution in [2.75, 3.05) is 34.0 Å². The molecular weight excluding hydrogens is 611 g/mol. The number of halogens is 3. The van der Waals surface area contributed by atoms with Gasteiger partial charge in [0.15, 0.2) is 23.0 Å². The maximum absolute atomic E-state index is 13.1. The monoisotopic (exact) mass is 645 g/mol. The lowest BCUT2D eigenvalue weighted by atomic mass is 9.76. The van der Waals surface area contributed by atoms with Crippen LogP contribution >= 0.6 is 0 Å². The van der Waals surface area contributed by atoms with E-state index in [0.717, 1.165) is 12.5 Å². The van der Waals surface area contributed by atoms with Gasteiger partial charge in [-0.2, -0.15) is 18.4 Å². The first-order valence-electron chi connectivity index (χ1n) is 14.7. The van der Waals surface area contributed by atoms with Gasteiger partial charge in [0.1, 0.15) is 17.3 Å². The first-order valence-corrected chi connectivity index (χ1v) is 14.7. The van der Waals surface area contributed by atoms with Crippen LogP contribution in [0.5, 0.6) is 28.7 Å². The van der Waals surface area contributed by atoms with Gasteiger partial charge in [0, 0.05) is 47.8 Å². The van der Waals surface area contributed by atoms with Gasteiger partial charge in [-0.25, -0.2) is 0 Å². The minimum Gasteiger partial charge on any atom is -0.507 e. The predicted molar refractivity (Wildman–Crippen MR) is 155 cm³/mol. The van der Waals surface area contributed by atoms with Crippen LogP contribution in [0.15, 0.2) is 6.07 Å². The number of carbonyl (C=O) groups excluding carboxylic acids is 2. The van der Waals surface area contributed by atoms with E-state index in [1.54, 1.807) is 19.2 Å². The van der Waals surface area contributed by atoms with Crippen molar-refractivity contribution in [3.8, 4) is 34.8 Å². The lowest BCUT2D eigenvalue weighted by Gasteiger charge is -2.57. The predicted octanol–water partition coefficient (Wildman–Crippen LogP) is 2.41. The van der Waals surface area contributed by atoms with Gasteiger partial charge < -0.3 is 35.1 Å². The normalized spacial score (nSPS) is 25.4. The summed E-state index contributed by atoms with van der Waals surface area (Å²) < 4.78 is 55.8. The number of nitrogens with zero attached hydrogens (tertiary/aromatic N) is 3. The van der Waals surface area contributed by atoms with Crippen LogP contribution in [0.1, 0.15) is 52.4 Å². The number of ether oxygens (including phenoxy) is 3. The second kappa shape index (κ2) is 10.8. The number of methoxy groups -OCH3 is 1. The third-order valence-electron chi connectivity index (χ3n) is 9.67. The van der Waals surface area contributed by atoms with E-state index in [0.29, 0.717) is 45.1 Å². The SMILES string of the molecule is COc1c(C)cc2c(c1O)[C@@H]1C3Cc4c(O)c(C)c5c(c4[C@H](CNC(=O)[C@H](C)NC(=O)C(F)(F)F)N3[C@](C#N)(C2)CN1C)OCO5. The van der Waals surface area contributed by atoms with Crippen molar-refractivity contribution in [1.29, 1.82) is 5.26 Å². The number of aryl methyl sites for hydroxylation is 1. The van der Waals surface area contributed by atoms with Crippen molar-refractivity contribution >= 4 is 11.8 Å². The van der Waals surface area contributed by atoms with Crippen molar-refractivity contribution in [2.45, 2.75) is 69.5 Å². The fourth-order valence-electron chi connectivity index (χ4n) is 7.86. The van der Waals surface area contributed by atoms with Crippen LogP contribution in [-0.2, 0) is 22.4 Å². The molecule has 5 atom stereocenters. The maximum atomic E-state index is 13.1. The Labute approximate surface area is 262 Å². The van der Waals surface area contributed by atoms with Gasteiger partial charge in [-0.15, -0.1) is 0 Å². The van der Waals surface area contributed by atoms with E-state index in [-0.39, 0.29) is 44.2 Å². The zero-order chi connectivity index (χ0) is 33.5. The van der Waals surface area contributed by atoms with Crippen molar-refractivity contribution in [1.82, 2.24) is 20.4 Å². The number of alkyl halides is 3. The number of fused-ring (bicyclic) bond motifs is 4. The van der Waals surface area contributed by atoms with E-state index in [2.05, 4.69) is 11.4 Å². The summed E-state index contributed by atoms with van der Waals surface area (Å²) >= 11 is 0. The van der Waals surface area contributed by atoms with Gasteiger partial charge in [-0.3, -0.25) is 19.4 Å². The zero-order valence-corrected chi connectivity index (χ0v) is 25.8. The number of hydrogen-bond donors (Lipinski definition) is 4. The molecule has 7 rings (SSSR count). The fourth-order valence-corrected chi connectivity index (χ4v) is 7.86. The van der Waals surface area contributed by atoms with Gasteiger partial charge in [-0.1, -0.05) is 6.07 Å². The van der Waals surface area contributed by atoms with Crippen LogP contribution < -0.4 is 24.8 Å². The number of likely N-dealkylation sites (N-methyl/N-ethyl adjacent to an activating group) is 1. The minimum absolute atomic E-state index is 0.0408. The van der Waals surface area contributed by atoms with Crippen molar-refractivity contribution in [3.05, 3.63) is 39.4 Å². The van der Waals surface area contributed by atoms with Crippen LogP contribution in [-0.4, -0.2) is 89.7 Å². The van der Waals surface area contributed by atoms with Gasteiger partial charge in [0.05, 0.1) is 25.3 Å². The summed E-state index contributed by atoms with van der Waals surface area (Å²) in [6, 6.07) is 1.05. The number of amides is 2. The Morgan fingerprint density at radius 2 is 1.91 bits per heavy atom. The number of rotatable bonds is 5. The molecule has 2 aromatic rings. The Hall–Kier alpha value is -4.42. The van der Waals surface area contributed by atoms with Gasteiger partial charge in [-0.05, 0) is 45.4 Å². The van der Waals surface area contributed by atoms with E-state index >= 15 is 0 Å². The number of piperazine rings is 1. The Morgan fingerprint density at radius 1 is 1.22 bits per heavy atom. The topological polar surface area (TPSA) is 157 Å². The van der Waals surface area contributed by atoms with Gasteiger partial charge >= 0.3 is 12.1 Å². The smallest absolute Gasteiger partial charge is 0.471 e. The second-order valence-electron chi connectivity index (χ2n) is 12.4. The van der Waals surface area contributed by atoms with E-state index < -0.39 is 47.7 Å². The molecule has 5 heterocycles. The van der Waals surface area contributed by atoms with Crippen molar-refractivity contribution in [2.24, 2.45) is 0 Å². The summed E-state index contributed by atoms with van der Waals surface area (Å²) in [5.41, 5.74) is 2.27. The van der Waals surface area contributed by atoms with Gasteiger partial charge in [0.2, 0.25) is 12.7 Å². The molecule has 0 spiro atoms. The molecule has 5 aliphatic rings. The quantitative estimate of drug-likeness (QED) is 0.381. The highest BCUT2D eigenvalue weighted by Crippen LogP contribution is 2.59. The molecule has 0 aliphatic carbocycles. The molecule has 15 heteroatoms. The fraction of sp³-hybridized carbons (Fsp3) is 0.516. The van der Waals surface area contributed by atoms with Crippen LogP contribution in [0.2, 0.25) is 0 Å². The summed E-state index contributed by atoms with van der Waals surface area (Å²) in [5.74, 6) is -2.23. The number of benzene rings is 2. The number of hydrogen-bond acceptors (Lipinski definition) is 10. The molecule has 2 aromatic carbocycles. The van der Waals surface area contributed by atoms with Crippen LogP contribution in [0.4, 0.5) is 13.2 Å². The third kappa shape index (κ3) is 4.57. The molecule has 2 bridgehead atoms. The number of phenolic OH excluding ortho intramolecular Hbond substituents is 2. The maximum Gasteiger partial charge on any atom is 0.471 e. The average Bonchev–Trinajstić information content (AvgIpc) is 3.40. The Bertz CT molecular complexity index is 1690. The summed E-state index contributed by atoms with van der Waals surface area (Å²) in [7, 11) is 3.32. The van der Waals surface area contributed by atoms with Crippen molar-refractivity contribution < 1.29 is 47.2 Å². The van der Waals surface area contributed by atoms with Crippen LogP contribution in [0.3, 0.4) is 0 Å². The number of carbonyl (C=O) groups is 2. The highest BCUT2D eigenvalue weighted by atomic mass is 19.4. The van der Waals surface area contributed by atoms with Crippen LogP contribution in [0.25, 0.3) is 0 Å². The van der Waals surface area contributed by atoms with Crippen LogP contribution in [0, 0.1) is 25.2 Å².